The Balaban J connectivity index is 2.23. The monoisotopic (exact) mass is 374 g/mol. The number of nitrogens with one attached hydrogen (secondary N) is 1. The number of ether oxygens (including phenoxy) is 1. The Kier molecular flexibility index (Phi) is 6.36. The molecule has 1 aliphatic rings. The number of benzene rings is 1. The number of carbonyl (C=O) groups excluding carboxylic acids is 4. The Labute approximate surface area is 159 Å². The Morgan fingerprint density at radius 2 is 1.67 bits per heavy atom. The highest BCUT2D eigenvalue weighted by Gasteiger charge is 2.36. The van der Waals surface area contributed by atoms with Crippen LogP contribution in [0.25, 0.3) is 0 Å². The van der Waals surface area contributed by atoms with Crippen LogP contribution in [-0.2, 0) is 9.53 Å². The van der Waals surface area contributed by atoms with E-state index in [0.29, 0.717) is 18.5 Å². The standard InChI is InChI=1S/C20H26N2O5/c1-11(2)8-16(20(26)27-5)21-17(23)13-6-7-14-15(9-13)19(25)22(18(14)24)10-12(3)4/h6-7,9,11-12,16H,8,10H2,1-5H3,(H,21,23)/t16-/m1/s1. The molecule has 0 aliphatic carbocycles. The summed E-state index contributed by atoms with van der Waals surface area (Å²) >= 11 is 0. The smallest absolute Gasteiger partial charge is 0.328 e. The molecule has 7 nitrogen and oxygen atoms in total. The molecule has 1 N–H and O–H groups in total. The minimum absolute atomic E-state index is 0.145. The second-order valence-corrected chi connectivity index (χ2v) is 7.55. The first-order valence-electron chi connectivity index (χ1n) is 9.04. The van der Waals surface area contributed by atoms with Crippen molar-refractivity contribution in [3.63, 3.8) is 0 Å². The number of hydrogen-bond donors (Lipinski definition) is 1. The van der Waals surface area contributed by atoms with Gasteiger partial charge in [0.25, 0.3) is 17.7 Å². The lowest BCUT2D eigenvalue weighted by atomic mass is 10.0. The lowest BCUT2D eigenvalue weighted by Gasteiger charge is -2.18. The molecule has 1 atom stereocenters. The van der Waals surface area contributed by atoms with E-state index >= 15 is 0 Å². The summed E-state index contributed by atoms with van der Waals surface area (Å²) in [5.41, 5.74) is 0.731. The Bertz CT molecular complexity index is 770. The van der Waals surface area contributed by atoms with Gasteiger partial charge in [0, 0.05) is 12.1 Å². The van der Waals surface area contributed by atoms with Gasteiger partial charge in [0.15, 0.2) is 0 Å². The van der Waals surface area contributed by atoms with Gasteiger partial charge < -0.3 is 10.1 Å². The van der Waals surface area contributed by atoms with Crippen LogP contribution in [-0.4, -0.2) is 48.3 Å². The summed E-state index contributed by atoms with van der Waals surface area (Å²) in [6, 6.07) is 3.61. The molecule has 27 heavy (non-hydrogen) atoms. The molecule has 146 valence electrons. The minimum Gasteiger partial charge on any atom is -0.467 e. The van der Waals surface area contributed by atoms with E-state index in [1.807, 2.05) is 27.7 Å². The molecule has 0 bridgehead atoms. The topological polar surface area (TPSA) is 92.8 Å². The first-order valence-corrected chi connectivity index (χ1v) is 9.04. The summed E-state index contributed by atoms with van der Waals surface area (Å²) in [7, 11) is 1.27. The van der Waals surface area contributed by atoms with E-state index in [2.05, 4.69) is 5.32 Å². The van der Waals surface area contributed by atoms with Crippen LogP contribution in [0.4, 0.5) is 0 Å². The van der Waals surface area contributed by atoms with Crippen LogP contribution in [0.5, 0.6) is 0 Å². The summed E-state index contributed by atoms with van der Waals surface area (Å²) in [6.07, 6.45) is 0.433. The van der Waals surface area contributed by atoms with Crippen molar-refractivity contribution >= 4 is 23.7 Å². The van der Waals surface area contributed by atoms with E-state index in [9.17, 15) is 19.2 Å². The Hall–Kier alpha value is -2.70. The van der Waals surface area contributed by atoms with Gasteiger partial charge in [0.05, 0.1) is 18.2 Å². The van der Waals surface area contributed by atoms with Gasteiger partial charge in [0.1, 0.15) is 6.04 Å². The maximum atomic E-state index is 12.6. The highest BCUT2D eigenvalue weighted by atomic mass is 16.5. The largest absolute Gasteiger partial charge is 0.467 e. The van der Waals surface area contributed by atoms with Gasteiger partial charge in [-0.3, -0.25) is 19.3 Å². The van der Waals surface area contributed by atoms with Crippen molar-refractivity contribution < 1.29 is 23.9 Å². The van der Waals surface area contributed by atoms with Crippen LogP contribution < -0.4 is 5.32 Å². The van der Waals surface area contributed by atoms with Crippen molar-refractivity contribution in [2.24, 2.45) is 11.8 Å². The molecule has 3 amide bonds. The second-order valence-electron chi connectivity index (χ2n) is 7.55. The summed E-state index contributed by atoms with van der Waals surface area (Å²) in [6.45, 7) is 8.04. The van der Waals surface area contributed by atoms with Crippen LogP contribution in [0, 0.1) is 11.8 Å². The quantitative estimate of drug-likeness (QED) is 0.584. The number of hydrogen-bond acceptors (Lipinski definition) is 5. The maximum Gasteiger partial charge on any atom is 0.328 e. The number of amides is 3. The van der Waals surface area contributed by atoms with E-state index in [1.54, 1.807) is 0 Å². The van der Waals surface area contributed by atoms with Gasteiger partial charge in [-0.1, -0.05) is 27.7 Å². The minimum atomic E-state index is -0.773. The SMILES string of the molecule is COC(=O)[C@@H](CC(C)C)NC(=O)c1ccc2c(c1)C(=O)N(CC(C)C)C2=O. The molecule has 0 fully saturated rings. The Morgan fingerprint density at radius 1 is 1.04 bits per heavy atom. The van der Waals surface area contributed by atoms with Crippen LogP contribution >= 0.6 is 0 Å². The van der Waals surface area contributed by atoms with Crippen molar-refractivity contribution in [1.82, 2.24) is 10.2 Å². The van der Waals surface area contributed by atoms with Gasteiger partial charge in [0.2, 0.25) is 0 Å². The van der Waals surface area contributed by atoms with Crippen molar-refractivity contribution in [2.45, 2.75) is 40.2 Å². The average Bonchev–Trinajstić information content (AvgIpc) is 2.84. The maximum absolute atomic E-state index is 12.6. The lowest BCUT2D eigenvalue weighted by Crippen LogP contribution is -2.42. The summed E-state index contributed by atoms with van der Waals surface area (Å²) in [4.78, 5) is 50.6. The first-order chi connectivity index (χ1) is 12.6. The van der Waals surface area contributed by atoms with Crippen molar-refractivity contribution in [2.75, 3.05) is 13.7 Å². The van der Waals surface area contributed by atoms with E-state index in [4.69, 9.17) is 4.74 Å². The van der Waals surface area contributed by atoms with Crippen molar-refractivity contribution in [1.29, 1.82) is 0 Å². The molecule has 0 aromatic heterocycles. The van der Waals surface area contributed by atoms with Gasteiger partial charge in [-0.15, -0.1) is 0 Å². The predicted octanol–water partition coefficient (Wildman–Crippen LogP) is 2.26. The number of nitrogens with zero attached hydrogens (tertiary/aromatic N) is 1. The second kappa shape index (κ2) is 8.33. The van der Waals surface area contributed by atoms with Crippen LogP contribution in [0.3, 0.4) is 0 Å². The molecule has 0 saturated carbocycles. The fourth-order valence-corrected chi connectivity index (χ4v) is 3.03. The van der Waals surface area contributed by atoms with Crippen LogP contribution in [0.2, 0.25) is 0 Å². The van der Waals surface area contributed by atoms with Crippen molar-refractivity contribution in [3.05, 3.63) is 34.9 Å². The average molecular weight is 374 g/mol. The van der Waals surface area contributed by atoms with Crippen LogP contribution in [0.1, 0.15) is 65.2 Å². The normalized spacial score (nSPS) is 14.6. The third kappa shape index (κ3) is 4.53. The van der Waals surface area contributed by atoms with E-state index < -0.39 is 23.8 Å². The van der Waals surface area contributed by atoms with Gasteiger partial charge in [-0.25, -0.2) is 4.79 Å². The molecule has 1 heterocycles. The van der Waals surface area contributed by atoms with Gasteiger partial charge in [-0.2, -0.15) is 0 Å². The summed E-state index contributed by atoms with van der Waals surface area (Å²) < 4.78 is 4.75. The van der Waals surface area contributed by atoms with Crippen molar-refractivity contribution in [3.8, 4) is 0 Å². The molecule has 0 radical (unpaired) electrons. The van der Waals surface area contributed by atoms with Crippen LogP contribution in [0.15, 0.2) is 18.2 Å². The Morgan fingerprint density at radius 3 is 2.22 bits per heavy atom. The number of rotatable bonds is 7. The van der Waals surface area contributed by atoms with E-state index in [0.717, 1.165) is 0 Å². The molecule has 1 aromatic rings. The molecule has 7 heteroatoms. The zero-order valence-corrected chi connectivity index (χ0v) is 16.4. The highest BCUT2D eigenvalue weighted by Crippen LogP contribution is 2.25. The molecular formula is C20H26N2O5. The molecule has 0 saturated heterocycles. The third-order valence-electron chi connectivity index (χ3n) is 4.28. The third-order valence-corrected chi connectivity index (χ3v) is 4.28. The molecule has 0 unspecified atom stereocenters. The molecule has 1 aromatic carbocycles. The number of carbonyl (C=O) groups is 4. The molecule has 0 spiro atoms. The lowest BCUT2D eigenvalue weighted by molar-refractivity contribution is -0.143. The first kappa shape index (κ1) is 20.6. The molecular weight excluding hydrogens is 348 g/mol. The number of fused-ring (bicyclic) bond motifs is 1. The number of imide groups is 1. The number of methoxy groups -OCH3 is 1. The fraction of sp³-hybridized carbons (Fsp3) is 0.500. The summed E-state index contributed by atoms with van der Waals surface area (Å²) in [5, 5.41) is 2.65. The zero-order valence-electron chi connectivity index (χ0n) is 16.4. The predicted molar refractivity (Wildman–Crippen MR) is 99.4 cm³/mol. The van der Waals surface area contributed by atoms with E-state index in [-0.39, 0.29) is 28.9 Å². The zero-order chi connectivity index (χ0) is 20.3. The van der Waals surface area contributed by atoms with Gasteiger partial charge in [-0.05, 0) is 36.5 Å². The highest BCUT2D eigenvalue weighted by molar-refractivity contribution is 6.22. The fourth-order valence-electron chi connectivity index (χ4n) is 3.03. The summed E-state index contributed by atoms with van der Waals surface area (Å²) in [5.74, 6) is -1.43. The van der Waals surface area contributed by atoms with Gasteiger partial charge >= 0.3 is 5.97 Å². The molecule has 1 aliphatic heterocycles. The molecule has 2 rings (SSSR count). The van der Waals surface area contributed by atoms with E-state index in [1.165, 1.54) is 30.2 Å². The number of esters is 1.